The lowest BCUT2D eigenvalue weighted by atomic mass is 10.1. The number of nitrogens with one attached hydrogen (secondary N) is 1. The SMILES string of the molecule is Cc1noc(C)c1-c1cnc(N)c(Oc2ccc(C(=O)Nc3ccc(Cl)cc3)cc2)n1. The summed E-state index contributed by atoms with van der Waals surface area (Å²) in [5.41, 5.74) is 9.02. The van der Waals surface area contributed by atoms with Crippen LogP contribution in [0.3, 0.4) is 0 Å². The number of nitrogens with zero attached hydrogens (tertiary/aromatic N) is 3. The lowest BCUT2D eigenvalue weighted by Crippen LogP contribution is -2.11. The van der Waals surface area contributed by atoms with Crippen molar-refractivity contribution in [3.63, 3.8) is 0 Å². The molecule has 3 N–H and O–H groups in total. The number of carbonyl (C=O) groups is 1. The van der Waals surface area contributed by atoms with Crippen LogP contribution in [-0.4, -0.2) is 21.0 Å². The van der Waals surface area contributed by atoms with Gasteiger partial charge in [-0.05, 0) is 62.4 Å². The van der Waals surface area contributed by atoms with E-state index in [-0.39, 0.29) is 17.6 Å². The number of benzene rings is 2. The van der Waals surface area contributed by atoms with Gasteiger partial charge in [-0.1, -0.05) is 16.8 Å². The third kappa shape index (κ3) is 4.49. The Hall–Kier alpha value is -3.91. The Balaban J connectivity index is 1.51. The molecule has 8 nitrogen and oxygen atoms in total. The largest absolute Gasteiger partial charge is 0.436 e. The Morgan fingerprint density at radius 3 is 2.45 bits per heavy atom. The van der Waals surface area contributed by atoms with Crippen LogP contribution in [0.15, 0.2) is 59.3 Å². The molecular formula is C22H18ClN5O3. The van der Waals surface area contributed by atoms with E-state index >= 15 is 0 Å². The second-order valence-corrected chi connectivity index (χ2v) is 7.17. The van der Waals surface area contributed by atoms with Gasteiger partial charge in [0.2, 0.25) is 0 Å². The zero-order valence-corrected chi connectivity index (χ0v) is 17.5. The number of hydrogen-bond acceptors (Lipinski definition) is 7. The van der Waals surface area contributed by atoms with Gasteiger partial charge in [0.25, 0.3) is 11.8 Å². The Labute approximate surface area is 183 Å². The van der Waals surface area contributed by atoms with Crippen molar-refractivity contribution in [1.82, 2.24) is 15.1 Å². The van der Waals surface area contributed by atoms with E-state index in [1.807, 2.05) is 6.92 Å². The minimum Gasteiger partial charge on any atom is -0.436 e. The number of rotatable bonds is 5. The van der Waals surface area contributed by atoms with E-state index in [0.29, 0.717) is 39.2 Å². The third-order valence-electron chi connectivity index (χ3n) is 4.49. The monoisotopic (exact) mass is 435 g/mol. The average Bonchev–Trinajstić information content (AvgIpc) is 3.10. The highest BCUT2D eigenvalue weighted by molar-refractivity contribution is 6.30. The maximum atomic E-state index is 12.4. The van der Waals surface area contributed by atoms with Crippen molar-refractivity contribution in [2.24, 2.45) is 0 Å². The van der Waals surface area contributed by atoms with Crippen LogP contribution >= 0.6 is 11.6 Å². The standard InChI is InChI=1S/C22H18ClN5O3/c1-12-19(13(2)31-28-12)18-11-25-20(24)22(27-18)30-17-9-3-14(4-10-17)21(29)26-16-7-5-15(23)6-8-16/h3-11H,1-2H3,(H2,24,25)(H,26,29). The van der Waals surface area contributed by atoms with Gasteiger partial charge in [-0.25, -0.2) is 9.97 Å². The van der Waals surface area contributed by atoms with Gasteiger partial charge in [-0.2, -0.15) is 0 Å². The van der Waals surface area contributed by atoms with Crippen molar-refractivity contribution < 1.29 is 14.1 Å². The summed E-state index contributed by atoms with van der Waals surface area (Å²) in [6.45, 7) is 3.61. The number of anilines is 2. The number of amides is 1. The van der Waals surface area contributed by atoms with Crippen LogP contribution in [0.1, 0.15) is 21.8 Å². The molecule has 2 aromatic heterocycles. The molecule has 156 valence electrons. The number of carbonyl (C=O) groups excluding carboxylic acids is 1. The molecule has 0 bridgehead atoms. The lowest BCUT2D eigenvalue weighted by Gasteiger charge is -2.09. The molecule has 2 aromatic carbocycles. The quantitative estimate of drug-likeness (QED) is 0.451. The molecule has 2 heterocycles. The molecule has 31 heavy (non-hydrogen) atoms. The topological polar surface area (TPSA) is 116 Å². The van der Waals surface area contributed by atoms with Gasteiger partial charge in [0.1, 0.15) is 11.5 Å². The maximum Gasteiger partial charge on any atom is 0.263 e. The number of aryl methyl sites for hydroxylation is 2. The fourth-order valence-corrected chi connectivity index (χ4v) is 3.07. The van der Waals surface area contributed by atoms with Gasteiger partial charge < -0.3 is 20.3 Å². The van der Waals surface area contributed by atoms with Crippen molar-refractivity contribution in [3.8, 4) is 22.9 Å². The van der Waals surface area contributed by atoms with Gasteiger partial charge in [-0.15, -0.1) is 0 Å². The average molecular weight is 436 g/mol. The van der Waals surface area contributed by atoms with E-state index in [1.165, 1.54) is 0 Å². The van der Waals surface area contributed by atoms with Gasteiger partial charge in [0.15, 0.2) is 5.82 Å². The molecule has 0 atom stereocenters. The van der Waals surface area contributed by atoms with Crippen molar-refractivity contribution in [3.05, 3.63) is 76.8 Å². The minimum atomic E-state index is -0.256. The smallest absolute Gasteiger partial charge is 0.263 e. The molecule has 0 saturated heterocycles. The number of ether oxygens (including phenoxy) is 1. The van der Waals surface area contributed by atoms with Gasteiger partial charge >= 0.3 is 0 Å². The van der Waals surface area contributed by atoms with Crippen molar-refractivity contribution in [2.45, 2.75) is 13.8 Å². The van der Waals surface area contributed by atoms with Crippen LogP contribution in [0, 0.1) is 13.8 Å². The van der Waals surface area contributed by atoms with Crippen LogP contribution < -0.4 is 15.8 Å². The molecule has 4 aromatic rings. The fourth-order valence-electron chi connectivity index (χ4n) is 2.95. The fraction of sp³-hybridized carbons (Fsp3) is 0.0909. The second kappa shape index (κ2) is 8.45. The molecule has 0 aliphatic carbocycles. The maximum absolute atomic E-state index is 12.4. The summed E-state index contributed by atoms with van der Waals surface area (Å²) in [4.78, 5) is 21.0. The Bertz CT molecular complexity index is 1220. The molecule has 0 spiro atoms. The van der Waals surface area contributed by atoms with E-state index in [4.69, 9.17) is 26.6 Å². The van der Waals surface area contributed by atoms with Gasteiger partial charge in [0, 0.05) is 16.3 Å². The Morgan fingerprint density at radius 2 is 1.81 bits per heavy atom. The lowest BCUT2D eigenvalue weighted by molar-refractivity contribution is 0.102. The first-order chi connectivity index (χ1) is 14.9. The molecule has 0 unspecified atom stereocenters. The molecule has 1 amide bonds. The Morgan fingerprint density at radius 1 is 1.10 bits per heavy atom. The summed E-state index contributed by atoms with van der Waals surface area (Å²) >= 11 is 5.86. The van der Waals surface area contributed by atoms with Crippen molar-refractivity contribution >= 4 is 29.0 Å². The van der Waals surface area contributed by atoms with E-state index < -0.39 is 0 Å². The summed E-state index contributed by atoms with van der Waals surface area (Å²) in [5, 5.41) is 7.33. The first kappa shape index (κ1) is 20.4. The number of hydrogen-bond donors (Lipinski definition) is 2. The predicted octanol–water partition coefficient (Wildman–Crippen LogP) is 5.03. The molecule has 0 aliphatic rings. The third-order valence-corrected chi connectivity index (χ3v) is 4.74. The first-order valence-corrected chi connectivity index (χ1v) is 9.69. The number of nitrogen functional groups attached to an aromatic ring is 1. The Kier molecular flexibility index (Phi) is 5.55. The molecule has 4 rings (SSSR count). The van der Waals surface area contributed by atoms with E-state index in [0.717, 1.165) is 5.56 Å². The van der Waals surface area contributed by atoms with E-state index in [9.17, 15) is 4.79 Å². The zero-order chi connectivity index (χ0) is 22.0. The molecule has 9 heteroatoms. The molecule has 0 aliphatic heterocycles. The van der Waals surface area contributed by atoms with Crippen LogP contribution in [0.25, 0.3) is 11.3 Å². The predicted molar refractivity (Wildman–Crippen MR) is 117 cm³/mol. The van der Waals surface area contributed by atoms with Crippen LogP contribution in [0.5, 0.6) is 11.6 Å². The van der Waals surface area contributed by atoms with E-state index in [2.05, 4.69) is 20.4 Å². The summed E-state index contributed by atoms with van der Waals surface area (Å²) < 4.78 is 11.0. The summed E-state index contributed by atoms with van der Waals surface area (Å²) in [6.07, 6.45) is 1.54. The number of aromatic nitrogens is 3. The number of halogens is 1. The highest BCUT2D eigenvalue weighted by Crippen LogP contribution is 2.30. The highest BCUT2D eigenvalue weighted by Gasteiger charge is 2.16. The summed E-state index contributed by atoms with van der Waals surface area (Å²) in [6, 6.07) is 13.5. The molecule has 0 saturated carbocycles. The minimum absolute atomic E-state index is 0.139. The normalized spacial score (nSPS) is 10.7. The molecular weight excluding hydrogens is 418 g/mol. The van der Waals surface area contributed by atoms with Crippen LogP contribution in [-0.2, 0) is 0 Å². The second-order valence-electron chi connectivity index (χ2n) is 6.73. The zero-order valence-electron chi connectivity index (χ0n) is 16.7. The van der Waals surface area contributed by atoms with Gasteiger partial charge in [-0.3, -0.25) is 4.79 Å². The van der Waals surface area contributed by atoms with Crippen molar-refractivity contribution in [2.75, 3.05) is 11.1 Å². The molecule has 0 radical (unpaired) electrons. The molecule has 0 fully saturated rings. The number of nitrogens with two attached hydrogens (primary N) is 1. The summed E-state index contributed by atoms with van der Waals surface area (Å²) in [7, 11) is 0. The highest BCUT2D eigenvalue weighted by atomic mass is 35.5. The van der Waals surface area contributed by atoms with Crippen molar-refractivity contribution in [1.29, 1.82) is 0 Å². The van der Waals surface area contributed by atoms with Gasteiger partial charge in [0.05, 0.1) is 23.1 Å². The van der Waals surface area contributed by atoms with Crippen LogP contribution in [0.2, 0.25) is 5.02 Å². The summed E-state index contributed by atoms with van der Waals surface area (Å²) in [5.74, 6) is 1.11. The van der Waals surface area contributed by atoms with E-state index in [1.54, 1.807) is 61.7 Å². The first-order valence-electron chi connectivity index (χ1n) is 9.31. The van der Waals surface area contributed by atoms with Crippen LogP contribution in [0.4, 0.5) is 11.5 Å².